The fourth-order valence-electron chi connectivity index (χ4n) is 10.1. The van der Waals surface area contributed by atoms with Gasteiger partial charge in [-0.25, -0.2) is 0 Å². The van der Waals surface area contributed by atoms with E-state index in [9.17, 15) is 68.1 Å². The molecule has 1 aliphatic heterocycles. The smallest absolute Gasteiger partial charge is 0.246 e. The summed E-state index contributed by atoms with van der Waals surface area (Å²) in [7, 11) is 1.55. The topological polar surface area (TPSA) is 464 Å². The van der Waals surface area contributed by atoms with Gasteiger partial charge in [0.05, 0.1) is 25.2 Å². The summed E-state index contributed by atoms with van der Waals surface area (Å²) in [5.74, 6) is -9.83. The number of aromatic amines is 1. The Hall–Kier alpha value is -9.64. The first-order chi connectivity index (χ1) is 41.9. The molecule has 2 aliphatic rings. The van der Waals surface area contributed by atoms with Crippen LogP contribution >= 0.6 is 0 Å². The molecule has 11 amide bonds. The minimum Gasteiger partial charge on any atom is -0.508 e. The van der Waals surface area contributed by atoms with Gasteiger partial charge in [0.2, 0.25) is 65.0 Å². The normalized spacial score (nSPS) is 17.2. The Kier molecular flexibility index (Phi) is 24.7. The Morgan fingerprint density at radius 3 is 1.97 bits per heavy atom. The first-order valence-corrected chi connectivity index (χ1v) is 28.9. The van der Waals surface area contributed by atoms with Crippen LogP contribution in [-0.2, 0) is 72.0 Å². The monoisotopic (exact) mass is 1220 g/mol. The molecule has 19 N–H and O–H groups in total. The number of aliphatic hydroxyl groups excluding tert-OH is 2. The average molecular weight is 1220 g/mol. The van der Waals surface area contributed by atoms with E-state index >= 15 is 0 Å². The number of nitrogens with one attached hydrogen (secondary N) is 12. The SMILES string of the molecule is CNC(=N)NCCC[C@H](NC(=O)[C@H](CC1CC1)NC(=O)CNC(=O)[C@H](Cc1ccccc1)NC(=O)[C@@H](NC(=O)[C@H](CC(N)=O)NC(=O)[C@@H]1C[C@@H](O)CN1C(=O)[C@@H](Cc1ccc(O)cc1)NC(C)=O)[C@@H](C)O)C(=O)N[C@@H](Cc1c[nH]c2ccccc12)C(N)=O. The van der Waals surface area contributed by atoms with Crippen LogP contribution in [0, 0.1) is 11.3 Å². The highest BCUT2D eigenvalue weighted by Crippen LogP contribution is 2.33. The van der Waals surface area contributed by atoms with Crippen LogP contribution < -0.4 is 64.6 Å². The number of amides is 11. The number of aliphatic hydroxyl groups is 2. The molecule has 10 atom stereocenters. The van der Waals surface area contributed by atoms with E-state index < -0.39 is 138 Å². The number of phenolic OH excluding ortho intramolecular Hbond substituents is 1. The number of guanidine groups is 1. The lowest BCUT2D eigenvalue weighted by molar-refractivity contribution is -0.142. The van der Waals surface area contributed by atoms with E-state index in [0.717, 1.165) is 35.6 Å². The van der Waals surface area contributed by atoms with Crippen LogP contribution in [0.4, 0.5) is 0 Å². The fourth-order valence-corrected chi connectivity index (χ4v) is 10.1. The number of nitrogens with zero attached hydrogens (tertiary/aromatic N) is 1. The number of fused-ring (bicyclic) bond motifs is 1. The van der Waals surface area contributed by atoms with E-state index in [1.807, 2.05) is 24.3 Å². The molecule has 1 saturated heterocycles. The van der Waals surface area contributed by atoms with Crippen LogP contribution in [0.25, 0.3) is 10.9 Å². The third-order valence-corrected chi connectivity index (χ3v) is 14.9. The quantitative estimate of drug-likeness (QED) is 0.0128. The van der Waals surface area contributed by atoms with Crippen molar-refractivity contribution in [3.8, 4) is 5.75 Å². The van der Waals surface area contributed by atoms with Crippen LogP contribution in [0.5, 0.6) is 5.75 Å². The van der Waals surface area contributed by atoms with Crippen LogP contribution in [0.15, 0.2) is 85.1 Å². The largest absolute Gasteiger partial charge is 0.508 e. The van der Waals surface area contributed by atoms with Gasteiger partial charge in [-0.15, -0.1) is 0 Å². The molecular formula is C59H79N15O14. The highest BCUT2D eigenvalue weighted by Gasteiger charge is 2.43. The van der Waals surface area contributed by atoms with Crippen molar-refractivity contribution in [2.75, 3.05) is 26.7 Å². The number of H-pyrrole nitrogens is 1. The van der Waals surface area contributed by atoms with Crippen molar-refractivity contribution in [2.24, 2.45) is 17.4 Å². The maximum Gasteiger partial charge on any atom is 0.246 e. The minimum absolute atomic E-state index is 0.0177. The molecule has 1 aliphatic carbocycles. The van der Waals surface area contributed by atoms with Gasteiger partial charge in [0.25, 0.3) is 0 Å². The maximum absolute atomic E-state index is 14.2. The molecule has 0 unspecified atom stereocenters. The second-order valence-electron chi connectivity index (χ2n) is 22.0. The van der Waals surface area contributed by atoms with Gasteiger partial charge in [0.1, 0.15) is 54.1 Å². The summed E-state index contributed by atoms with van der Waals surface area (Å²) in [4.78, 5) is 154. The van der Waals surface area contributed by atoms with Crippen LogP contribution in [0.1, 0.15) is 75.5 Å². The lowest BCUT2D eigenvalue weighted by Crippen LogP contribution is -2.61. The molecule has 3 aromatic carbocycles. The van der Waals surface area contributed by atoms with E-state index in [2.05, 4.69) is 58.2 Å². The zero-order chi connectivity index (χ0) is 64.2. The van der Waals surface area contributed by atoms with Gasteiger partial charge in [-0.2, -0.15) is 0 Å². The van der Waals surface area contributed by atoms with Gasteiger partial charge in [-0.05, 0) is 67.0 Å². The fraction of sp³-hybridized carbons (Fsp3) is 0.458. The number of aromatic nitrogens is 1. The molecule has 1 saturated carbocycles. The highest BCUT2D eigenvalue weighted by molar-refractivity contribution is 5.99. The summed E-state index contributed by atoms with van der Waals surface area (Å²) in [5, 5.41) is 65.7. The molecular weight excluding hydrogens is 1140 g/mol. The summed E-state index contributed by atoms with van der Waals surface area (Å²) < 4.78 is 0. The summed E-state index contributed by atoms with van der Waals surface area (Å²) in [5.41, 5.74) is 13.8. The van der Waals surface area contributed by atoms with Crippen molar-refractivity contribution in [1.82, 2.24) is 63.1 Å². The molecule has 29 nitrogen and oxygen atoms in total. The maximum atomic E-state index is 14.2. The molecule has 2 fully saturated rings. The number of carbonyl (C=O) groups excluding carboxylic acids is 11. The number of likely N-dealkylation sites (tertiary alicyclic amines) is 1. The number of hydrogen-bond donors (Lipinski definition) is 17. The van der Waals surface area contributed by atoms with Gasteiger partial charge < -0.3 is 89.8 Å². The highest BCUT2D eigenvalue weighted by atomic mass is 16.3. The van der Waals surface area contributed by atoms with E-state index in [-0.39, 0.29) is 75.7 Å². The number of benzene rings is 3. The third-order valence-electron chi connectivity index (χ3n) is 14.9. The second-order valence-corrected chi connectivity index (χ2v) is 22.0. The zero-order valence-electron chi connectivity index (χ0n) is 49.1. The van der Waals surface area contributed by atoms with E-state index in [1.54, 1.807) is 43.6 Å². The first-order valence-electron chi connectivity index (χ1n) is 28.9. The molecule has 4 aromatic rings. The minimum atomic E-state index is -1.87. The summed E-state index contributed by atoms with van der Waals surface area (Å²) in [6.45, 7) is 1.45. The van der Waals surface area contributed by atoms with Crippen molar-refractivity contribution < 1.29 is 68.1 Å². The third kappa shape index (κ3) is 20.5. The van der Waals surface area contributed by atoms with Crippen molar-refractivity contribution in [3.63, 3.8) is 0 Å². The Bertz CT molecular complexity index is 3160. The Morgan fingerprint density at radius 1 is 0.693 bits per heavy atom. The Morgan fingerprint density at radius 2 is 1.32 bits per heavy atom. The van der Waals surface area contributed by atoms with Crippen LogP contribution in [-0.4, -0.2) is 183 Å². The number of phenols is 1. The number of para-hydroxylation sites is 1. The first kappa shape index (κ1) is 67.5. The summed E-state index contributed by atoms with van der Waals surface area (Å²) in [6.07, 6.45) is -0.658. The molecule has 29 heteroatoms. The summed E-state index contributed by atoms with van der Waals surface area (Å²) >= 11 is 0. The lowest BCUT2D eigenvalue weighted by Gasteiger charge is -2.30. The van der Waals surface area contributed by atoms with Gasteiger partial charge >= 0.3 is 0 Å². The van der Waals surface area contributed by atoms with Gasteiger partial charge in [0.15, 0.2) is 5.96 Å². The number of carbonyl (C=O) groups is 11. The van der Waals surface area contributed by atoms with Crippen LogP contribution in [0.2, 0.25) is 0 Å². The van der Waals surface area contributed by atoms with E-state index in [0.29, 0.717) is 16.7 Å². The van der Waals surface area contributed by atoms with E-state index in [4.69, 9.17) is 16.9 Å². The molecule has 0 bridgehead atoms. The zero-order valence-corrected chi connectivity index (χ0v) is 49.1. The Labute approximate surface area is 506 Å². The standard InChI is InChI=1S/C59H79N15O14/c1-31(75)50(73-55(85)45(27-48(60)79)71-56(86)47-26-38(78)30-74(47)58(88)46(67-32(2)76)24-35-17-19-37(77)20-18-35)57(87)72-43(22-33-10-5-4-6-11-33)52(82)66-29-49(80)68-44(23-34-15-16-34)54(84)69-41(14-9-21-64-59(62)63-3)53(83)70-42(51(61)81)25-36-28-65-40-13-8-7-12-39(36)40/h4-8,10-13,17-20,28,31,34,38,41-47,50,65,75,77-78H,9,14-16,21-27,29-30H2,1-3H3,(H2,60,79)(H2,61,81)(H,66,82)(H,67,76)(H,68,80)(H,69,84)(H,70,83)(H,71,86)(H,72,87)(H,73,85)(H3,62,63,64)/t31-,38-,41+,42+,43+,44+,45+,46-,47+,50+/m1/s1. The Balaban J connectivity index is 1.12. The van der Waals surface area contributed by atoms with Gasteiger partial charge in [-0.1, -0.05) is 73.5 Å². The van der Waals surface area contributed by atoms with Gasteiger partial charge in [0, 0.05) is 69.8 Å². The second kappa shape index (κ2) is 32.2. The molecule has 88 heavy (non-hydrogen) atoms. The predicted octanol–water partition coefficient (Wildman–Crippen LogP) is -3.54. The van der Waals surface area contributed by atoms with Crippen molar-refractivity contribution in [1.29, 1.82) is 5.41 Å². The van der Waals surface area contributed by atoms with Crippen molar-refractivity contribution in [2.45, 2.75) is 139 Å². The van der Waals surface area contributed by atoms with Crippen molar-refractivity contribution in [3.05, 3.63) is 102 Å². The molecule has 2 heterocycles. The lowest BCUT2D eigenvalue weighted by atomic mass is 10.0. The number of primary amides is 2. The summed E-state index contributed by atoms with van der Waals surface area (Å²) in [6, 6.07) is 9.98. The molecule has 0 radical (unpaired) electrons. The number of nitrogens with two attached hydrogens (primary N) is 2. The number of β-amino-alcohol motifs (C(OH)–C–C–N with tert-alkyl or cyclic N) is 1. The molecule has 6 rings (SSSR count). The number of rotatable bonds is 32. The van der Waals surface area contributed by atoms with E-state index in [1.165, 1.54) is 31.2 Å². The van der Waals surface area contributed by atoms with Gasteiger partial charge in [-0.3, -0.25) is 58.1 Å². The van der Waals surface area contributed by atoms with Crippen LogP contribution in [0.3, 0.4) is 0 Å². The molecule has 474 valence electrons. The van der Waals surface area contributed by atoms with Crippen molar-refractivity contribution >= 4 is 81.8 Å². The predicted molar refractivity (Wildman–Crippen MR) is 318 cm³/mol. The average Bonchev–Trinajstić information content (AvgIpc) is 2.49. The number of hydrogen-bond acceptors (Lipinski definition) is 15. The molecule has 0 spiro atoms. The number of aromatic hydroxyl groups is 1. The molecule has 1 aromatic heterocycles.